The van der Waals surface area contributed by atoms with Crippen molar-refractivity contribution in [3.8, 4) is 17.4 Å². The van der Waals surface area contributed by atoms with Crippen LogP contribution in [0, 0.1) is 6.92 Å². The van der Waals surface area contributed by atoms with Crippen LogP contribution in [0.2, 0.25) is 0 Å². The molecule has 1 amide bonds. The van der Waals surface area contributed by atoms with Gasteiger partial charge in [0.1, 0.15) is 29.0 Å². The fourth-order valence-corrected chi connectivity index (χ4v) is 4.11. The van der Waals surface area contributed by atoms with Crippen LogP contribution in [-0.2, 0) is 10.2 Å². The molecule has 0 spiro atoms. The van der Waals surface area contributed by atoms with Gasteiger partial charge in [0.05, 0.1) is 0 Å². The van der Waals surface area contributed by atoms with Gasteiger partial charge in [-0.3, -0.25) is 0 Å². The van der Waals surface area contributed by atoms with Crippen LogP contribution in [0.15, 0.2) is 60.8 Å². The lowest BCUT2D eigenvalue weighted by Gasteiger charge is -2.36. The number of nitrogens with zero attached hydrogens (tertiary/aromatic N) is 2. The van der Waals surface area contributed by atoms with Gasteiger partial charge in [-0.1, -0.05) is 38.1 Å². The van der Waals surface area contributed by atoms with Crippen molar-refractivity contribution in [1.29, 1.82) is 0 Å². The molecule has 0 atom stereocenters. The van der Waals surface area contributed by atoms with Crippen molar-refractivity contribution in [2.24, 2.45) is 0 Å². The first-order valence-electron chi connectivity index (χ1n) is 12.3. The number of benzene rings is 2. The number of alkyl carbamates (subject to hydrolysis) is 1. The highest BCUT2D eigenvalue weighted by Gasteiger charge is 2.33. The molecule has 1 heterocycles. The monoisotopic (exact) mass is 489 g/mol. The molecule has 0 radical (unpaired) electrons. The minimum absolute atomic E-state index is 0.0911. The minimum Gasteiger partial charge on any atom is -0.490 e. The maximum atomic E-state index is 11.9. The van der Waals surface area contributed by atoms with E-state index in [0.717, 1.165) is 24.3 Å². The molecule has 0 unspecified atom stereocenters. The molecule has 1 fully saturated rings. The first-order valence-corrected chi connectivity index (χ1v) is 12.3. The number of carbonyl (C=O) groups is 1. The predicted molar refractivity (Wildman–Crippen MR) is 139 cm³/mol. The highest BCUT2D eigenvalue weighted by molar-refractivity contribution is 5.68. The number of carbonyl (C=O) groups excluding carboxylic acids is 1. The van der Waals surface area contributed by atoms with Gasteiger partial charge in [-0.25, -0.2) is 9.78 Å². The topological polar surface area (TPSA) is 82.6 Å². The van der Waals surface area contributed by atoms with Crippen LogP contribution in [-0.4, -0.2) is 33.8 Å². The zero-order valence-electron chi connectivity index (χ0n) is 21.9. The Labute approximate surface area is 213 Å². The van der Waals surface area contributed by atoms with Gasteiger partial charge in [-0.05, 0) is 63.1 Å². The molecule has 1 aliphatic carbocycles. The molecule has 1 aliphatic rings. The second kappa shape index (κ2) is 10.2. The third kappa shape index (κ3) is 6.53. The van der Waals surface area contributed by atoms with Crippen molar-refractivity contribution in [3.05, 3.63) is 77.7 Å². The highest BCUT2D eigenvalue weighted by Crippen LogP contribution is 2.34. The summed E-state index contributed by atoms with van der Waals surface area (Å²) in [4.78, 5) is 20.3. The van der Waals surface area contributed by atoms with E-state index >= 15 is 0 Å². The van der Waals surface area contributed by atoms with Crippen LogP contribution in [0.4, 0.5) is 4.79 Å². The first-order chi connectivity index (χ1) is 17.0. The van der Waals surface area contributed by atoms with E-state index in [9.17, 15) is 4.79 Å². The zero-order chi connectivity index (χ0) is 25.9. The minimum atomic E-state index is -0.494. The molecule has 4 rings (SSSR count). The quantitative estimate of drug-likeness (QED) is 0.417. The molecule has 2 aromatic carbocycles. The van der Waals surface area contributed by atoms with E-state index in [1.807, 2.05) is 52.0 Å². The normalized spacial score (nSPS) is 17.6. The van der Waals surface area contributed by atoms with E-state index in [1.165, 1.54) is 11.1 Å². The smallest absolute Gasteiger partial charge is 0.407 e. The molecular formula is C29H35N3O4. The van der Waals surface area contributed by atoms with Crippen molar-refractivity contribution >= 4 is 6.09 Å². The lowest BCUT2D eigenvalue weighted by atomic mass is 9.78. The number of hydrogen-bond acceptors (Lipinski definition) is 6. The number of nitrogens with one attached hydrogen (secondary N) is 1. The largest absolute Gasteiger partial charge is 0.490 e. The summed E-state index contributed by atoms with van der Waals surface area (Å²) in [5.41, 5.74) is 1.68. The third-order valence-electron chi connectivity index (χ3n) is 6.24. The SMILES string of the molecule is Cc1nccc(Oc2ccc(C(C)(C)c3ccc(OC4CC(NC(=O)OC(C)(C)C)C4)cc3)cc2)n1. The molecule has 7 heteroatoms. The Morgan fingerprint density at radius 2 is 1.47 bits per heavy atom. The van der Waals surface area contributed by atoms with Crippen molar-refractivity contribution < 1.29 is 19.0 Å². The average molecular weight is 490 g/mol. The van der Waals surface area contributed by atoms with E-state index in [4.69, 9.17) is 14.2 Å². The average Bonchev–Trinajstić information content (AvgIpc) is 2.77. The molecule has 3 aromatic rings. The van der Waals surface area contributed by atoms with E-state index < -0.39 is 5.60 Å². The van der Waals surface area contributed by atoms with Crippen molar-refractivity contribution in [1.82, 2.24) is 15.3 Å². The second-order valence-corrected chi connectivity index (χ2v) is 10.8. The van der Waals surface area contributed by atoms with Gasteiger partial charge in [0.15, 0.2) is 0 Å². The predicted octanol–water partition coefficient (Wildman–Crippen LogP) is 6.34. The highest BCUT2D eigenvalue weighted by atomic mass is 16.6. The summed E-state index contributed by atoms with van der Waals surface area (Å²) in [6.07, 6.45) is 2.95. The molecule has 190 valence electrons. The van der Waals surface area contributed by atoms with Gasteiger partial charge < -0.3 is 19.5 Å². The van der Waals surface area contributed by atoms with E-state index in [1.54, 1.807) is 12.3 Å². The summed E-state index contributed by atoms with van der Waals surface area (Å²) in [6, 6.07) is 18.2. The van der Waals surface area contributed by atoms with Crippen LogP contribution in [0.1, 0.15) is 64.4 Å². The summed E-state index contributed by atoms with van der Waals surface area (Å²) < 4.78 is 17.3. The lowest BCUT2D eigenvalue weighted by Crippen LogP contribution is -2.50. The molecule has 1 aromatic heterocycles. The third-order valence-corrected chi connectivity index (χ3v) is 6.24. The number of hydrogen-bond donors (Lipinski definition) is 1. The van der Waals surface area contributed by atoms with Gasteiger partial charge in [-0.15, -0.1) is 0 Å². The molecule has 1 saturated carbocycles. The fourth-order valence-electron chi connectivity index (χ4n) is 4.11. The summed E-state index contributed by atoms with van der Waals surface area (Å²) in [6.45, 7) is 11.8. The Bertz CT molecular complexity index is 1180. The summed E-state index contributed by atoms with van der Waals surface area (Å²) >= 11 is 0. The molecule has 1 N–H and O–H groups in total. The number of amides is 1. The van der Waals surface area contributed by atoms with Gasteiger partial charge in [-0.2, -0.15) is 4.98 Å². The Kier molecular flexibility index (Phi) is 7.20. The molecule has 7 nitrogen and oxygen atoms in total. The molecule has 0 aliphatic heterocycles. The molecule has 0 saturated heterocycles. The standard InChI is InChI=1S/C29H35N3O4/c1-19-30-16-15-26(31-19)35-24-13-9-21(10-14-24)29(5,6)20-7-11-23(12-8-20)34-25-17-22(18-25)32-27(33)36-28(2,3)4/h7-16,22,25H,17-18H2,1-6H3,(H,32,33). The van der Waals surface area contributed by atoms with Crippen LogP contribution in [0.5, 0.6) is 17.4 Å². The van der Waals surface area contributed by atoms with E-state index in [0.29, 0.717) is 11.7 Å². The number of aromatic nitrogens is 2. The number of rotatable bonds is 7. The van der Waals surface area contributed by atoms with Crippen LogP contribution >= 0.6 is 0 Å². The van der Waals surface area contributed by atoms with Crippen LogP contribution in [0.3, 0.4) is 0 Å². The van der Waals surface area contributed by atoms with Gasteiger partial charge in [0.25, 0.3) is 0 Å². The summed E-state index contributed by atoms with van der Waals surface area (Å²) in [7, 11) is 0. The number of aryl methyl sites for hydroxylation is 1. The van der Waals surface area contributed by atoms with E-state index in [-0.39, 0.29) is 23.7 Å². The Balaban J connectivity index is 1.30. The molecule has 0 bridgehead atoms. The van der Waals surface area contributed by atoms with Crippen LogP contribution in [0.25, 0.3) is 0 Å². The first kappa shape index (κ1) is 25.5. The zero-order valence-corrected chi connectivity index (χ0v) is 21.9. The molecule has 36 heavy (non-hydrogen) atoms. The van der Waals surface area contributed by atoms with Gasteiger partial charge in [0.2, 0.25) is 5.88 Å². The second-order valence-electron chi connectivity index (χ2n) is 10.8. The Hall–Kier alpha value is -3.61. The summed E-state index contributed by atoms with van der Waals surface area (Å²) in [5.74, 6) is 2.77. The van der Waals surface area contributed by atoms with Crippen molar-refractivity contribution in [2.45, 2.75) is 77.5 Å². The number of ether oxygens (including phenoxy) is 3. The van der Waals surface area contributed by atoms with Gasteiger partial charge in [0, 0.05) is 36.6 Å². The van der Waals surface area contributed by atoms with Gasteiger partial charge >= 0.3 is 6.09 Å². The Morgan fingerprint density at radius 3 is 2.03 bits per heavy atom. The van der Waals surface area contributed by atoms with Crippen molar-refractivity contribution in [2.75, 3.05) is 0 Å². The molecular weight excluding hydrogens is 454 g/mol. The van der Waals surface area contributed by atoms with Crippen molar-refractivity contribution in [3.63, 3.8) is 0 Å². The Morgan fingerprint density at radius 1 is 0.889 bits per heavy atom. The van der Waals surface area contributed by atoms with E-state index in [2.05, 4.69) is 53.4 Å². The maximum Gasteiger partial charge on any atom is 0.407 e. The fraction of sp³-hybridized carbons (Fsp3) is 0.414. The summed E-state index contributed by atoms with van der Waals surface area (Å²) in [5, 5.41) is 2.90. The lowest BCUT2D eigenvalue weighted by molar-refractivity contribution is 0.0363. The van der Waals surface area contributed by atoms with Crippen LogP contribution < -0.4 is 14.8 Å². The maximum absolute atomic E-state index is 11.9.